The molecule has 0 aliphatic rings. The van der Waals surface area contributed by atoms with Crippen molar-refractivity contribution in [2.75, 3.05) is 92.4 Å². The molecule has 30 heteroatoms. The van der Waals surface area contributed by atoms with Crippen LogP contribution in [-0.4, -0.2) is 243 Å². The fraction of sp³-hybridized carbons (Fsp3) is 0.571. The van der Waals surface area contributed by atoms with Gasteiger partial charge in [-0.15, -0.1) is 0 Å². The van der Waals surface area contributed by atoms with Crippen LogP contribution in [-0.2, 0) is 73.4 Å². The van der Waals surface area contributed by atoms with E-state index in [2.05, 4.69) is 26.6 Å². The lowest BCUT2D eigenvalue weighted by atomic mass is 10.0. The molecule has 1 aromatic carbocycles. The standard InChI is InChI=1S/C42H62N8O22/c1-43-39(66)27(6-9-33(54)55)46-40(67)28(18-25-2-4-26(51)5-3-25)47-41(68)29(19-34(56)57)45-32(53)24-72-17-16-71-15-10-44-31(52)8-7-30(42(69)70)50(13-11-48(20-35(58)59)21-36(60)61)14-12-49(22-37(62)63)23-38(64)65/h2-5,27-30,51H,6-24H2,1H3,(H,43,66)(H,44,52)(H,45,53)(H,46,67)(H,47,68)(H,54,55)(H,56,57)(H,58,59)(H,60,61)(H,62,63)(H,64,65)(H,69,70)/t27-,28+,29+,30+/m1/s1. The summed E-state index contributed by atoms with van der Waals surface area (Å²) in [5.74, 6) is -14.2. The number of amides is 5. The van der Waals surface area contributed by atoms with Crippen LogP contribution in [0.2, 0.25) is 0 Å². The van der Waals surface area contributed by atoms with E-state index in [9.17, 15) is 93.3 Å². The van der Waals surface area contributed by atoms with Crippen molar-refractivity contribution in [2.45, 2.75) is 62.7 Å². The zero-order chi connectivity index (χ0) is 54.3. The van der Waals surface area contributed by atoms with Gasteiger partial charge in [0.1, 0.15) is 36.5 Å². The predicted molar refractivity (Wildman–Crippen MR) is 241 cm³/mol. The molecule has 4 atom stereocenters. The molecule has 72 heavy (non-hydrogen) atoms. The average molecular weight is 1030 g/mol. The second-order valence-corrected chi connectivity index (χ2v) is 15.7. The third kappa shape index (κ3) is 28.2. The first-order chi connectivity index (χ1) is 33.9. The Bertz CT molecular complexity index is 1950. The van der Waals surface area contributed by atoms with E-state index in [0.717, 1.165) is 9.80 Å². The smallest absolute Gasteiger partial charge is 0.320 e. The lowest BCUT2D eigenvalue weighted by Gasteiger charge is -2.32. The molecule has 0 aliphatic heterocycles. The number of hydrogen-bond acceptors (Lipinski definition) is 18. The molecule has 0 heterocycles. The first-order valence-corrected chi connectivity index (χ1v) is 21.9. The SMILES string of the molecule is CNC(=O)[C@@H](CCC(=O)O)NC(=O)[C@H](Cc1ccc(O)cc1)NC(=O)[C@H](CC(=O)O)NC(=O)COCCOCCNC(=O)CC[C@@H](C(=O)O)N(CCN(CC(=O)O)CC(=O)O)CCN(CC(=O)O)CC(=O)O. The number of ether oxygens (including phenoxy) is 2. The van der Waals surface area contributed by atoms with Crippen LogP contribution in [0, 0.1) is 0 Å². The fourth-order valence-corrected chi connectivity index (χ4v) is 6.57. The Morgan fingerprint density at radius 2 is 1.06 bits per heavy atom. The minimum Gasteiger partial charge on any atom is -0.508 e. The van der Waals surface area contributed by atoms with Crippen LogP contribution < -0.4 is 26.6 Å². The van der Waals surface area contributed by atoms with Gasteiger partial charge in [0.25, 0.3) is 0 Å². The van der Waals surface area contributed by atoms with E-state index in [-0.39, 0.29) is 84.0 Å². The number of phenolic OH excluding ortho intramolecular Hbond substituents is 1. The summed E-state index contributed by atoms with van der Waals surface area (Å²) in [7, 11) is 1.25. The van der Waals surface area contributed by atoms with Crippen molar-refractivity contribution < 1.29 is 108 Å². The Morgan fingerprint density at radius 3 is 1.54 bits per heavy atom. The number of benzene rings is 1. The normalized spacial score (nSPS) is 12.7. The number of carboxylic acid groups (broad SMARTS) is 7. The maximum atomic E-state index is 13.4. The van der Waals surface area contributed by atoms with Crippen LogP contribution in [0.25, 0.3) is 0 Å². The number of hydrogen-bond donors (Lipinski definition) is 13. The van der Waals surface area contributed by atoms with Gasteiger partial charge in [0.15, 0.2) is 0 Å². The highest BCUT2D eigenvalue weighted by atomic mass is 16.5. The predicted octanol–water partition coefficient (Wildman–Crippen LogP) is -4.90. The van der Waals surface area contributed by atoms with Crippen molar-refractivity contribution in [3.63, 3.8) is 0 Å². The topological polar surface area (TPSA) is 455 Å². The van der Waals surface area contributed by atoms with Crippen molar-refractivity contribution in [3.8, 4) is 5.75 Å². The second-order valence-electron chi connectivity index (χ2n) is 15.7. The quantitative estimate of drug-likeness (QED) is 0.0274. The van der Waals surface area contributed by atoms with E-state index in [1.807, 2.05) is 0 Å². The van der Waals surface area contributed by atoms with Gasteiger partial charge in [0, 0.05) is 59.0 Å². The van der Waals surface area contributed by atoms with Gasteiger partial charge in [-0.2, -0.15) is 0 Å². The van der Waals surface area contributed by atoms with Gasteiger partial charge >= 0.3 is 41.8 Å². The highest BCUT2D eigenvalue weighted by molar-refractivity contribution is 5.96. The number of aliphatic carboxylic acids is 7. The molecule has 5 amide bonds. The summed E-state index contributed by atoms with van der Waals surface area (Å²) in [6.45, 7) is -5.22. The molecule has 0 spiro atoms. The molecule has 13 N–H and O–H groups in total. The molecule has 0 saturated heterocycles. The number of nitrogens with zero attached hydrogens (tertiary/aromatic N) is 3. The summed E-state index contributed by atoms with van der Waals surface area (Å²) >= 11 is 0. The molecule has 0 fully saturated rings. The van der Waals surface area contributed by atoms with Crippen molar-refractivity contribution in [1.82, 2.24) is 41.3 Å². The fourth-order valence-electron chi connectivity index (χ4n) is 6.57. The highest BCUT2D eigenvalue weighted by Gasteiger charge is 2.32. The summed E-state index contributed by atoms with van der Waals surface area (Å²) in [5, 5.41) is 86.9. The van der Waals surface area contributed by atoms with Crippen molar-refractivity contribution in [2.24, 2.45) is 0 Å². The van der Waals surface area contributed by atoms with Gasteiger partial charge < -0.3 is 76.9 Å². The monoisotopic (exact) mass is 1030 g/mol. The van der Waals surface area contributed by atoms with E-state index >= 15 is 0 Å². The largest absolute Gasteiger partial charge is 0.508 e. The zero-order valence-electron chi connectivity index (χ0n) is 39.2. The van der Waals surface area contributed by atoms with Gasteiger partial charge in [-0.05, 0) is 30.5 Å². The number of carbonyl (C=O) groups excluding carboxylic acids is 5. The van der Waals surface area contributed by atoms with Crippen molar-refractivity contribution >= 4 is 71.3 Å². The molecule has 0 radical (unpaired) electrons. The van der Waals surface area contributed by atoms with Crippen LogP contribution in [0.1, 0.15) is 37.7 Å². The lowest BCUT2D eigenvalue weighted by Crippen LogP contribution is -2.57. The van der Waals surface area contributed by atoms with E-state index in [1.165, 1.54) is 36.2 Å². The Kier molecular flexibility index (Phi) is 29.4. The number of aromatic hydroxyl groups is 1. The Labute approximate surface area is 410 Å². The molecule has 0 bridgehead atoms. The van der Waals surface area contributed by atoms with Crippen molar-refractivity contribution in [3.05, 3.63) is 29.8 Å². The number of carboxylic acids is 7. The molecular formula is C42H62N8O22. The number of rotatable bonds is 40. The Hall–Kier alpha value is -7.54. The van der Waals surface area contributed by atoms with Gasteiger partial charge in [0.2, 0.25) is 29.5 Å². The Morgan fingerprint density at radius 1 is 0.542 bits per heavy atom. The minimum absolute atomic E-state index is 0.0913. The third-order valence-electron chi connectivity index (χ3n) is 9.95. The lowest BCUT2D eigenvalue weighted by molar-refractivity contribution is -0.146. The van der Waals surface area contributed by atoms with Gasteiger partial charge in [-0.1, -0.05) is 12.1 Å². The number of phenols is 1. The summed E-state index contributed by atoms with van der Waals surface area (Å²) in [5.41, 5.74) is 0.400. The summed E-state index contributed by atoms with van der Waals surface area (Å²) in [6.07, 6.45) is -2.74. The molecular weight excluding hydrogens is 968 g/mol. The summed E-state index contributed by atoms with van der Waals surface area (Å²) in [4.78, 5) is 148. The van der Waals surface area contributed by atoms with Gasteiger partial charge in [0.05, 0.1) is 52.4 Å². The van der Waals surface area contributed by atoms with Gasteiger partial charge in [-0.25, -0.2) is 0 Å². The molecule has 0 aromatic heterocycles. The maximum Gasteiger partial charge on any atom is 0.320 e. The molecule has 1 rings (SSSR count). The first kappa shape index (κ1) is 62.5. The van der Waals surface area contributed by atoms with Crippen LogP contribution in [0.4, 0.5) is 0 Å². The Balaban J connectivity index is 2.82. The van der Waals surface area contributed by atoms with Crippen LogP contribution in [0.5, 0.6) is 5.75 Å². The van der Waals surface area contributed by atoms with Crippen molar-refractivity contribution in [1.29, 1.82) is 0 Å². The molecule has 1 aromatic rings. The van der Waals surface area contributed by atoms with E-state index in [4.69, 9.17) is 14.6 Å². The zero-order valence-corrected chi connectivity index (χ0v) is 39.2. The highest BCUT2D eigenvalue weighted by Crippen LogP contribution is 2.13. The number of carbonyl (C=O) groups is 12. The first-order valence-electron chi connectivity index (χ1n) is 21.9. The molecule has 0 saturated carbocycles. The van der Waals surface area contributed by atoms with Crippen LogP contribution in [0.3, 0.4) is 0 Å². The summed E-state index contributed by atoms with van der Waals surface area (Å²) < 4.78 is 10.6. The van der Waals surface area contributed by atoms with Crippen LogP contribution in [0.15, 0.2) is 24.3 Å². The van der Waals surface area contributed by atoms with Crippen LogP contribution >= 0.6 is 0 Å². The number of likely N-dealkylation sites (N-methyl/N-ethyl adjacent to an activating group) is 1. The number of nitrogens with one attached hydrogen (secondary N) is 5. The maximum absolute atomic E-state index is 13.4. The third-order valence-corrected chi connectivity index (χ3v) is 9.95. The van der Waals surface area contributed by atoms with E-state index < -0.39 is 141 Å². The van der Waals surface area contributed by atoms with E-state index in [0.29, 0.717) is 5.56 Å². The second kappa shape index (κ2) is 33.9. The average Bonchev–Trinajstić information content (AvgIpc) is 3.27. The van der Waals surface area contributed by atoms with E-state index in [1.54, 1.807) is 0 Å². The molecule has 30 nitrogen and oxygen atoms in total. The molecule has 0 aliphatic carbocycles. The summed E-state index contributed by atoms with van der Waals surface area (Å²) in [6, 6.07) is -0.605. The molecule has 0 unspecified atom stereocenters. The van der Waals surface area contributed by atoms with Gasteiger partial charge in [-0.3, -0.25) is 72.2 Å². The molecule has 402 valence electrons. The minimum atomic E-state index is -1.75.